The second-order valence-corrected chi connectivity index (χ2v) is 8.54. The van der Waals surface area contributed by atoms with Crippen molar-refractivity contribution in [3.05, 3.63) is 75.8 Å². The largest absolute Gasteiger partial charge is 0.383 e. The lowest BCUT2D eigenvalue weighted by Gasteiger charge is -2.22. The van der Waals surface area contributed by atoms with Crippen LogP contribution in [0.1, 0.15) is 27.9 Å². The molecule has 0 unspecified atom stereocenters. The number of hydrogen-bond donors (Lipinski definition) is 2. The third kappa shape index (κ3) is 3.79. The molecular weight excluding hydrogens is 408 g/mol. The summed E-state index contributed by atoms with van der Waals surface area (Å²) in [5.74, 6) is 0.0129. The molecule has 2 heterocycles. The minimum atomic E-state index is -1.21. The van der Waals surface area contributed by atoms with Crippen LogP contribution in [0.4, 0.5) is 0 Å². The van der Waals surface area contributed by atoms with Crippen molar-refractivity contribution < 1.29 is 14.4 Å². The van der Waals surface area contributed by atoms with Gasteiger partial charge >= 0.3 is 0 Å². The molecule has 7 heteroatoms. The molecule has 0 fully saturated rings. The Morgan fingerprint density at radius 1 is 1.24 bits per heavy atom. The van der Waals surface area contributed by atoms with Crippen molar-refractivity contribution >= 4 is 38.9 Å². The van der Waals surface area contributed by atoms with E-state index in [0.29, 0.717) is 27.6 Å². The third-order valence-electron chi connectivity index (χ3n) is 4.77. The van der Waals surface area contributed by atoms with Crippen molar-refractivity contribution in [1.29, 1.82) is 0 Å². The van der Waals surface area contributed by atoms with Gasteiger partial charge in [0.15, 0.2) is 0 Å². The Balaban J connectivity index is 1.57. The van der Waals surface area contributed by atoms with Crippen LogP contribution in [0.3, 0.4) is 0 Å². The first-order valence-electron chi connectivity index (χ1n) is 9.07. The van der Waals surface area contributed by atoms with Crippen LogP contribution in [0.2, 0.25) is 5.02 Å². The summed E-state index contributed by atoms with van der Waals surface area (Å²) in [7, 11) is 0. The van der Waals surface area contributed by atoms with Crippen LogP contribution in [-0.4, -0.2) is 22.7 Å². The van der Waals surface area contributed by atoms with Crippen LogP contribution < -0.4 is 5.32 Å². The van der Waals surface area contributed by atoms with Crippen LogP contribution in [-0.2, 0) is 5.60 Å². The maximum Gasteiger partial charge on any atom is 0.257 e. The van der Waals surface area contributed by atoms with Gasteiger partial charge < -0.3 is 14.9 Å². The Morgan fingerprint density at radius 2 is 1.97 bits per heavy atom. The van der Waals surface area contributed by atoms with Crippen LogP contribution in [0.5, 0.6) is 0 Å². The zero-order chi connectivity index (χ0) is 20.6. The molecule has 5 nitrogen and oxygen atoms in total. The highest BCUT2D eigenvalue weighted by atomic mass is 35.5. The molecular formula is C22H19ClN2O3S. The van der Waals surface area contributed by atoms with Gasteiger partial charge in [0, 0.05) is 15.1 Å². The van der Waals surface area contributed by atoms with E-state index < -0.39 is 5.60 Å². The van der Waals surface area contributed by atoms with Crippen molar-refractivity contribution in [3.8, 4) is 11.3 Å². The average Bonchev–Trinajstić information content (AvgIpc) is 3.31. The van der Waals surface area contributed by atoms with Gasteiger partial charge in [0.2, 0.25) is 0 Å². The number of aliphatic hydroxyl groups is 1. The zero-order valence-corrected chi connectivity index (χ0v) is 17.5. The molecule has 4 aromatic rings. The molecule has 0 radical (unpaired) electrons. The number of nitrogens with one attached hydrogen (secondary N) is 1. The molecule has 2 aromatic carbocycles. The van der Waals surface area contributed by atoms with Gasteiger partial charge in [-0.25, -0.2) is 0 Å². The predicted molar refractivity (Wildman–Crippen MR) is 115 cm³/mol. The minimum absolute atomic E-state index is 0.0469. The van der Waals surface area contributed by atoms with Gasteiger partial charge in [-0.2, -0.15) is 0 Å². The van der Waals surface area contributed by atoms with Crippen molar-refractivity contribution in [2.45, 2.75) is 19.4 Å². The smallest absolute Gasteiger partial charge is 0.257 e. The van der Waals surface area contributed by atoms with Crippen molar-refractivity contribution in [1.82, 2.24) is 10.5 Å². The summed E-state index contributed by atoms with van der Waals surface area (Å²) >= 11 is 7.77. The third-order valence-corrected chi connectivity index (χ3v) is 6.47. The highest BCUT2D eigenvalue weighted by Crippen LogP contribution is 2.34. The monoisotopic (exact) mass is 426 g/mol. The topological polar surface area (TPSA) is 75.4 Å². The fraction of sp³-hybridized carbons (Fsp3) is 0.182. The van der Waals surface area contributed by atoms with Crippen molar-refractivity contribution in [3.63, 3.8) is 0 Å². The van der Waals surface area contributed by atoms with E-state index in [2.05, 4.69) is 10.5 Å². The fourth-order valence-electron chi connectivity index (χ4n) is 3.15. The molecule has 4 rings (SSSR count). The maximum atomic E-state index is 12.9. The standard InChI is InChI=1S/C22H19ClN2O3S/c1-13-19(20(25-28-13)15-8-4-5-9-16(15)23)21(26)24-12-22(2,27)18-11-14-7-3-6-10-17(14)29-18/h3-11,27H,12H2,1-2H3,(H,24,26)/t22-/m0/s1. The van der Waals surface area contributed by atoms with E-state index in [-0.39, 0.29) is 12.5 Å². The number of nitrogens with zero attached hydrogens (tertiary/aromatic N) is 1. The number of amides is 1. The summed E-state index contributed by atoms with van der Waals surface area (Å²) in [6.45, 7) is 3.41. The molecule has 0 saturated heterocycles. The molecule has 29 heavy (non-hydrogen) atoms. The summed E-state index contributed by atoms with van der Waals surface area (Å²) < 4.78 is 6.34. The Morgan fingerprint density at radius 3 is 2.72 bits per heavy atom. The predicted octanol–water partition coefficient (Wildman–Crippen LogP) is 5.16. The van der Waals surface area contributed by atoms with Crippen molar-refractivity contribution in [2.24, 2.45) is 0 Å². The number of aryl methyl sites for hydroxylation is 1. The second kappa shape index (κ2) is 7.63. The highest BCUT2D eigenvalue weighted by Gasteiger charge is 2.29. The lowest BCUT2D eigenvalue weighted by Crippen LogP contribution is -2.38. The summed E-state index contributed by atoms with van der Waals surface area (Å²) in [5.41, 5.74) is 0.0967. The van der Waals surface area contributed by atoms with Gasteiger partial charge in [-0.3, -0.25) is 4.79 Å². The van der Waals surface area contributed by atoms with Gasteiger partial charge in [0.25, 0.3) is 5.91 Å². The Hall–Kier alpha value is -2.67. The lowest BCUT2D eigenvalue weighted by molar-refractivity contribution is 0.0557. The molecule has 0 saturated carbocycles. The fourth-order valence-corrected chi connectivity index (χ4v) is 4.48. The van der Waals surface area contributed by atoms with Gasteiger partial charge in [0.05, 0.1) is 11.6 Å². The van der Waals surface area contributed by atoms with E-state index in [0.717, 1.165) is 15.0 Å². The number of aromatic nitrogens is 1. The molecule has 1 atom stereocenters. The first kappa shape index (κ1) is 19.6. The molecule has 0 aliphatic heterocycles. The summed E-state index contributed by atoms with van der Waals surface area (Å²) in [4.78, 5) is 13.7. The normalized spacial score (nSPS) is 13.4. The minimum Gasteiger partial charge on any atom is -0.383 e. The van der Waals surface area contributed by atoms with Crippen LogP contribution in [0.25, 0.3) is 21.3 Å². The first-order chi connectivity index (χ1) is 13.9. The number of carbonyl (C=O) groups excluding carboxylic acids is 1. The molecule has 0 aliphatic rings. The summed E-state index contributed by atoms with van der Waals surface area (Å²) in [6.07, 6.45) is 0. The van der Waals surface area contributed by atoms with Gasteiger partial charge in [0.1, 0.15) is 22.6 Å². The van der Waals surface area contributed by atoms with Crippen LogP contribution in [0, 0.1) is 6.92 Å². The van der Waals surface area contributed by atoms with E-state index in [1.807, 2.05) is 36.4 Å². The quantitative estimate of drug-likeness (QED) is 0.462. The second-order valence-electron chi connectivity index (χ2n) is 7.05. The number of benzene rings is 2. The van der Waals surface area contributed by atoms with E-state index in [1.165, 1.54) is 11.3 Å². The number of thiophene rings is 1. The summed E-state index contributed by atoms with van der Waals surface area (Å²) in [6, 6.07) is 17.0. The molecule has 148 valence electrons. The van der Waals surface area contributed by atoms with Crippen LogP contribution in [0.15, 0.2) is 59.1 Å². The van der Waals surface area contributed by atoms with Crippen LogP contribution >= 0.6 is 22.9 Å². The van der Waals surface area contributed by atoms with E-state index in [9.17, 15) is 9.90 Å². The highest BCUT2D eigenvalue weighted by molar-refractivity contribution is 7.19. The molecule has 2 aromatic heterocycles. The van der Waals surface area contributed by atoms with E-state index >= 15 is 0 Å². The van der Waals surface area contributed by atoms with E-state index in [1.54, 1.807) is 32.0 Å². The Bertz CT molecular complexity index is 1160. The number of hydrogen-bond acceptors (Lipinski definition) is 5. The SMILES string of the molecule is Cc1onc(-c2ccccc2Cl)c1C(=O)NC[C@](C)(O)c1cc2ccccc2s1. The number of fused-ring (bicyclic) bond motifs is 1. The summed E-state index contributed by atoms with van der Waals surface area (Å²) in [5, 5.41) is 19.3. The first-order valence-corrected chi connectivity index (χ1v) is 10.3. The zero-order valence-electron chi connectivity index (χ0n) is 15.9. The molecule has 0 spiro atoms. The van der Waals surface area contributed by atoms with Gasteiger partial charge in [-0.05, 0) is 37.4 Å². The molecule has 0 bridgehead atoms. The molecule has 1 amide bonds. The number of halogens is 1. The van der Waals surface area contributed by atoms with Crippen molar-refractivity contribution in [2.75, 3.05) is 6.54 Å². The Kier molecular flexibility index (Phi) is 5.17. The molecule has 0 aliphatic carbocycles. The number of rotatable bonds is 5. The van der Waals surface area contributed by atoms with Gasteiger partial charge in [-0.1, -0.05) is 53.2 Å². The van der Waals surface area contributed by atoms with E-state index in [4.69, 9.17) is 16.1 Å². The van der Waals surface area contributed by atoms with Gasteiger partial charge in [-0.15, -0.1) is 11.3 Å². The maximum absolute atomic E-state index is 12.9. The average molecular weight is 427 g/mol. The molecule has 2 N–H and O–H groups in total. The number of carbonyl (C=O) groups is 1. The lowest BCUT2D eigenvalue weighted by atomic mass is 10.0. The Labute approximate surface area is 176 Å².